The minimum Gasteiger partial charge on any atom is -0.0683 e. The van der Waals surface area contributed by atoms with Crippen molar-refractivity contribution in [2.75, 3.05) is 0 Å². The van der Waals surface area contributed by atoms with E-state index in [0.29, 0.717) is 0 Å². The minimum absolute atomic E-state index is 0.142. The molecular weight excluding hydrogens is 1090 g/mol. The van der Waals surface area contributed by atoms with Crippen molar-refractivity contribution >= 4 is 21.5 Å². The standard InChI is InChI=1S/C17H18.2C12H12.2C9H12.2C8H10.8C2H6/c1-11-5-7-13-14-8-6-12(2)10-16(14)17(3,4)15(13)9-11;1-9-3-5-12-8-10(2)4-6-11(12)7-9;1-9-7-8-10(2)12-6-4-3-5-11(9)12;1-7-4-8(2)6-9(3)5-7;1-7-4-5-8(2)9(3)6-7;1-7-3-5-8(2)6-4-7;1-7-4-3-5-8(2)6-7;8*1-2/h5-10H,1-4H3;2*3-8H,1-2H3;2*4-6H,1-3H3;2*3-6H,1-2H3;8*1-2H3. The first-order valence-corrected chi connectivity index (χ1v) is 34.8. The first kappa shape index (κ1) is 90.1. The maximum atomic E-state index is 2.34. The van der Waals surface area contributed by atoms with Crippen LogP contribution in [0.25, 0.3) is 32.7 Å². The van der Waals surface area contributed by atoms with E-state index >= 15 is 0 Å². The van der Waals surface area contributed by atoms with Gasteiger partial charge in [0.15, 0.2) is 0 Å². The zero-order valence-electron chi connectivity index (χ0n) is 65.0. The maximum Gasteiger partial charge on any atom is 0.0159 e. The summed E-state index contributed by atoms with van der Waals surface area (Å²) in [5.74, 6) is 0. The van der Waals surface area contributed by atoms with Gasteiger partial charge in [0.05, 0.1) is 0 Å². The van der Waals surface area contributed by atoms with Gasteiger partial charge < -0.3 is 0 Å². The lowest BCUT2D eigenvalue weighted by Crippen LogP contribution is -2.15. The molecule has 0 saturated heterocycles. The van der Waals surface area contributed by atoms with Crippen molar-refractivity contribution in [3.8, 4) is 11.1 Å². The van der Waals surface area contributed by atoms with Gasteiger partial charge in [0.1, 0.15) is 0 Å². The molecule has 0 radical (unpaired) electrons. The van der Waals surface area contributed by atoms with E-state index < -0.39 is 0 Å². The van der Waals surface area contributed by atoms with Crippen molar-refractivity contribution in [1.82, 2.24) is 0 Å². The predicted molar refractivity (Wildman–Crippen MR) is 424 cm³/mol. The van der Waals surface area contributed by atoms with Crippen molar-refractivity contribution in [1.29, 1.82) is 0 Å². The minimum atomic E-state index is 0.142. The van der Waals surface area contributed by atoms with Gasteiger partial charge in [-0.15, -0.1) is 0 Å². The van der Waals surface area contributed by atoms with E-state index in [1.165, 1.54) is 133 Å². The summed E-state index contributed by atoms with van der Waals surface area (Å²) in [4.78, 5) is 0. The molecule has 0 aromatic heterocycles. The van der Waals surface area contributed by atoms with Crippen LogP contribution in [0, 0.1) is 111 Å². The molecule has 0 heterocycles. The van der Waals surface area contributed by atoms with Crippen LogP contribution in [0.4, 0.5) is 0 Å². The van der Waals surface area contributed by atoms with Crippen molar-refractivity contribution in [2.45, 2.75) is 241 Å². The summed E-state index contributed by atoms with van der Waals surface area (Å²) in [7, 11) is 0. The smallest absolute Gasteiger partial charge is 0.0159 e. The zero-order chi connectivity index (χ0) is 71.0. The molecule has 0 bridgehead atoms. The monoisotopic (exact) mass is 1230 g/mol. The third-order valence-electron chi connectivity index (χ3n) is 13.9. The van der Waals surface area contributed by atoms with Crippen LogP contribution in [0.15, 0.2) is 194 Å². The second-order valence-electron chi connectivity index (χ2n) is 21.9. The molecule has 1 aliphatic carbocycles. The molecule has 10 aromatic carbocycles. The van der Waals surface area contributed by atoms with Crippen LogP contribution in [0.2, 0.25) is 0 Å². The molecular formula is C91H134. The van der Waals surface area contributed by atoms with Crippen molar-refractivity contribution in [2.24, 2.45) is 0 Å². The Hall–Kier alpha value is -7.28. The van der Waals surface area contributed by atoms with Crippen molar-refractivity contribution < 1.29 is 0 Å². The van der Waals surface area contributed by atoms with Gasteiger partial charge in [-0.2, -0.15) is 0 Å². The second kappa shape index (κ2) is 52.4. The lowest BCUT2D eigenvalue weighted by molar-refractivity contribution is 0.659. The molecule has 10 aromatic rings. The highest BCUT2D eigenvalue weighted by atomic mass is 14.4. The summed E-state index contributed by atoms with van der Waals surface area (Å²) in [5, 5.41) is 5.41. The number of benzene rings is 10. The van der Waals surface area contributed by atoms with Gasteiger partial charge in [-0.25, -0.2) is 0 Å². The molecule has 91 heavy (non-hydrogen) atoms. The Kier molecular flexibility index (Phi) is 51.9. The normalized spacial score (nSPS) is 9.74. The lowest BCUT2D eigenvalue weighted by atomic mass is 9.81. The first-order valence-electron chi connectivity index (χ1n) is 34.8. The number of aryl methyl sites for hydroxylation is 16. The molecule has 11 rings (SSSR count). The van der Waals surface area contributed by atoms with Gasteiger partial charge in [0.25, 0.3) is 0 Å². The molecule has 0 fully saturated rings. The Morgan fingerprint density at radius 2 is 0.440 bits per heavy atom. The van der Waals surface area contributed by atoms with Crippen LogP contribution in [0.5, 0.6) is 0 Å². The van der Waals surface area contributed by atoms with Crippen LogP contribution >= 0.6 is 0 Å². The van der Waals surface area contributed by atoms with Crippen LogP contribution in [0.1, 0.15) is 225 Å². The average Bonchev–Trinajstić information content (AvgIpc) is 1.60. The quantitative estimate of drug-likeness (QED) is 0.142. The van der Waals surface area contributed by atoms with Gasteiger partial charge in [-0.05, 0) is 177 Å². The molecule has 0 spiro atoms. The topological polar surface area (TPSA) is 0 Å². The third kappa shape index (κ3) is 34.1. The molecule has 0 amide bonds. The number of fused-ring (bicyclic) bond motifs is 5. The highest BCUT2D eigenvalue weighted by Gasteiger charge is 2.35. The SMILES string of the molecule is CC.CC.CC.CC.CC.CC.CC.CC.Cc1cc(C)cc(C)c1.Cc1ccc(C)c(C)c1.Cc1ccc(C)c2ccccc12.Cc1ccc(C)cc1.Cc1ccc2c(c1)C(C)(C)c1cc(C)ccc1-2.Cc1ccc2cc(C)ccc2c1.Cc1cccc(C)c1. The lowest BCUT2D eigenvalue weighted by Gasteiger charge is -2.22. The molecule has 498 valence electrons. The van der Waals surface area contributed by atoms with Crippen molar-refractivity contribution in [3.05, 3.63) is 294 Å². The summed E-state index contributed by atoms with van der Waals surface area (Å²) >= 11 is 0. The average molecular weight is 1230 g/mol. The van der Waals surface area contributed by atoms with E-state index in [0.717, 1.165) is 0 Å². The Morgan fingerprint density at radius 3 is 0.736 bits per heavy atom. The highest BCUT2D eigenvalue weighted by molar-refractivity contribution is 5.88. The van der Waals surface area contributed by atoms with E-state index in [4.69, 9.17) is 0 Å². The molecule has 0 nitrogen and oxygen atoms in total. The zero-order valence-corrected chi connectivity index (χ0v) is 65.0. The number of hydrogen-bond donors (Lipinski definition) is 0. The van der Waals surface area contributed by atoms with Crippen molar-refractivity contribution in [3.63, 3.8) is 0 Å². The summed E-state index contributed by atoms with van der Waals surface area (Å²) in [5.41, 5.74) is 27.5. The molecule has 1 aliphatic rings. The van der Waals surface area contributed by atoms with E-state index in [1.54, 1.807) is 0 Å². The molecule has 0 atom stereocenters. The van der Waals surface area contributed by atoms with Gasteiger partial charge in [0, 0.05) is 5.41 Å². The van der Waals surface area contributed by atoms with E-state index in [9.17, 15) is 0 Å². The van der Waals surface area contributed by atoms with Crippen LogP contribution in [0.3, 0.4) is 0 Å². The largest absolute Gasteiger partial charge is 0.0683 e. The number of rotatable bonds is 0. The molecule has 0 saturated carbocycles. The van der Waals surface area contributed by atoms with E-state index in [2.05, 4.69) is 319 Å². The summed E-state index contributed by atoms with van der Waals surface area (Å²) < 4.78 is 0. The van der Waals surface area contributed by atoms with Gasteiger partial charge in [-0.3, -0.25) is 0 Å². The van der Waals surface area contributed by atoms with E-state index in [-0.39, 0.29) is 5.41 Å². The summed E-state index contributed by atoms with van der Waals surface area (Å²) in [6.45, 7) is 70.7. The Labute approximate surface area is 564 Å². The summed E-state index contributed by atoms with van der Waals surface area (Å²) in [6.07, 6.45) is 0. The third-order valence-corrected chi connectivity index (χ3v) is 13.9. The van der Waals surface area contributed by atoms with Crippen LogP contribution in [-0.4, -0.2) is 0 Å². The van der Waals surface area contributed by atoms with Crippen LogP contribution < -0.4 is 0 Å². The summed E-state index contributed by atoms with van der Waals surface area (Å²) in [6, 6.07) is 69.6. The Balaban J connectivity index is -0.000000473. The Morgan fingerprint density at radius 1 is 0.187 bits per heavy atom. The fraction of sp³-hybridized carbons (Fsp3) is 0.385. The predicted octanol–water partition coefficient (Wildman–Crippen LogP) is 29.6. The van der Waals surface area contributed by atoms with Gasteiger partial charge in [-0.1, -0.05) is 386 Å². The van der Waals surface area contributed by atoms with Gasteiger partial charge in [0.2, 0.25) is 0 Å². The first-order chi connectivity index (χ1) is 43.5. The molecule has 0 heteroatoms. The molecule has 0 aliphatic heterocycles. The number of hydrogen-bond acceptors (Lipinski definition) is 0. The fourth-order valence-electron chi connectivity index (χ4n) is 9.59. The highest BCUT2D eigenvalue weighted by Crippen LogP contribution is 2.49. The fourth-order valence-corrected chi connectivity index (χ4v) is 9.59. The molecule has 0 unspecified atom stereocenters. The Bertz CT molecular complexity index is 3220. The van der Waals surface area contributed by atoms with Gasteiger partial charge >= 0.3 is 0 Å². The maximum absolute atomic E-state index is 2.34. The van der Waals surface area contributed by atoms with Crippen LogP contribution in [-0.2, 0) is 5.41 Å². The van der Waals surface area contributed by atoms with E-state index in [1.807, 2.05) is 111 Å². The molecule has 0 N–H and O–H groups in total. The second-order valence-corrected chi connectivity index (χ2v) is 21.9.